The Balaban J connectivity index is 1.71. The molecule has 114 valence electrons. The fourth-order valence-electron chi connectivity index (χ4n) is 3.31. The lowest BCUT2D eigenvalue weighted by Gasteiger charge is -2.29. The molecule has 5 heteroatoms. The van der Waals surface area contributed by atoms with Crippen molar-refractivity contribution in [1.82, 2.24) is 9.80 Å². The van der Waals surface area contributed by atoms with E-state index in [-0.39, 0.29) is 17.9 Å². The molecule has 21 heavy (non-hydrogen) atoms. The van der Waals surface area contributed by atoms with Crippen molar-refractivity contribution in [2.45, 2.75) is 44.6 Å². The summed E-state index contributed by atoms with van der Waals surface area (Å²) in [6.45, 7) is 2.31. The molecule has 0 spiro atoms. The van der Waals surface area contributed by atoms with Gasteiger partial charge in [-0.3, -0.25) is 9.59 Å². The lowest BCUT2D eigenvalue weighted by atomic mass is 10.1. The number of likely N-dealkylation sites (tertiary alicyclic amines) is 2. The highest BCUT2D eigenvalue weighted by molar-refractivity contribution is 5.96. The van der Waals surface area contributed by atoms with Crippen LogP contribution in [0.4, 0.5) is 0 Å². The molecule has 1 atom stereocenters. The van der Waals surface area contributed by atoms with Crippen molar-refractivity contribution < 1.29 is 14.0 Å². The highest BCUT2D eigenvalue weighted by atomic mass is 16.3. The Kier molecular flexibility index (Phi) is 4.27. The van der Waals surface area contributed by atoms with Crippen LogP contribution in [0.2, 0.25) is 0 Å². The molecular formula is C16H22N2O3. The summed E-state index contributed by atoms with van der Waals surface area (Å²) in [4.78, 5) is 28.8. The summed E-state index contributed by atoms with van der Waals surface area (Å²) in [5.74, 6) is 0.283. The number of rotatable bonds is 2. The Hall–Kier alpha value is -1.78. The third-order valence-corrected chi connectivity index (χ3v) is 4.45. The molecule has 3 rings (SSSR count). The summed E-state index contributed by atoms with van der Waals surface area (Å²) in [5.41, 5.74) is 0. The second kappa shape index (κ2) is 6.33. The summed E-state index contributed by atoms with van der Waals surface area (Å²) in [7, 11) is 0. The van der Waals surface area contributed by atoms with Gasteiger partial charge in [-0.2, -0.15) is 0 Å². The molecule has 5 nitrogen and oxygen atoms in total. The van der Waals surface area contributed by atoms with Gasteiger partial charge in [-0.1, -0.05) is 12.8 Å². The first kappa shape index (κ1) is 14.2. The molecule has 2 amide bonds. The lowest BCUT2D eigenvalue weighted by molar-refractivity contribution is -0.135. The largest absolute Gasteiger partial charge is 0.459 e. The summed E-state index contributed by atoms with van der Waals surface area (Å²) in [6, 6.07) is 3.06. The van der Waals surface area contributed by atoms with E-state index in [1.807, 2.05) is 4.90 Å². The first-order chi connectivity index (χ1) is 10.3. The van der Waals surface area contributed by atoms with Crippen molar-refractivity contribution in [3.63, 3.8) is 0 Å². The molecule has 3 heterocycles. The predicted molar refractivity (Wildman–Crippen MR) is 77.8 cm³/mol. The molecular weight excluding hydrogens is 268 g/mol. The van der Waals surface area contributed by atoms with Crippen LogP contribution in [0.15, 0.2) is 22.8 Å². The van der Waals surface area contributed by atoms with Crippen LogP contribution in [0.1, 0.15) is 49.1 Å². The molecule has 0 N–H and O–H groups in total. The molecule has 2 aliphatic heterocycles. The molecule has 1 unspecified atom stereocenters. The van der Waals surface area contributed by atoms with E-state index in [0.29, 0.717) is 12.3 Å². The smallest absolute Gasteiger partial charge is 0.290 e. The minimum Gasteiger partial charge on any atom is -0.459 e. The molecule has 1 aromatic rings. The van der Waals surface area contributed by atoms with Crippen LogP contribution in [0.25, 0.3) is 0 Å². The van der Waals surface area contributed by atoms with Crippen LogP contribution in [-0.4, -0.2) is 47.3 Å². The van der Waals surface area contributed by atoms with Gasteiger partial charge >= 0.3 is 0 Å². The van der Waals surface area contributed by atoms with Gasteiger partial charge in [-0.15, -0.1) is 0 Å². The van der Waals surface area contributed by atoms with Gasteiger partial charge in [0.25, 0.3) is 5.91 Å². The van der Waals surface area contributed by atoms with Gasteiger partial charge in [-0.25, -0.2) is 0 Å². The topological polar surface area (TPSA) is 53.8 Å². The van der Waals surface area contributed by atoms with Crippen molar-refractivity contribution in [2.24, 2.45) is 0 Å². The lowest BCUT2D eigenvalue weighted by Crippen LogP contribution is -2.48. The second-order valence-electron chi connectivity index (χ2n) is 5.87. The van der Waals surface area contributed by atoms with Crippen LogP contribution in [-0.2, 0) is 4.79 Å². The SMILES string of the molecule is O=C(C1CCCN1C(=O)c1ccco1)N1CCCCCC1. The summed E-state index contributed by atoms with van der Waals surface area (Å²) in [6.07, 6.45) is 7.69. The molecule has 0 aliphatic carbocycles. The van der Waals surface area contributed by atoms with Crippen LogP contribution >= 0.6 is 0 Å². The quantitative estimate of drug-likeness (QED) is 0.839. The minimum atomic E-state index is -0.305. The van der Waals surface area contributed by atoms with Crippen LogP contribution in [0.3, 0.4) is 0 Å². The van der Waals surface area contributed by atoms with E-state index < -0.39 is 0 Å². The Morgan fingerprint density at radius 2 is 1.81 bits per heavy atom. The van der Waals surface area contributed by atoms with Gasteiger partial charge in [0, 0.05) is 19.6 Å². The fourth-order valence-corrected chi connectivity index (χ4v) is 3.31. The van der Waals surface area contributed by atoms with Crippen LogP contribution < -0.4 is 0 Å². The van der Waals surface area contributed by atoms with Gasteiger partial charge in [0.15, 0.2) is 5.76 Å². The second-order valence-corrected chi connectivity index (χ2v) is 5.87. The monoisotopic (exact) mass is 290 g/mol. The summed E-state index contributed by atoms with van der Waals surface area (Å²) in [5, 5.41) is 0. The predicted octanol–water partition coefficient (Wildman–Crippen LogP) is 2.29. The molecule has 1 aromatic heterocycles. The number of hydrogen-bond acceptors (Lipinski definition) is 3. The Labute approximate surface area is 124 Å². The number of hydrogen-bond donors (Lipinski definition) is 0. The molecule has 0 saturated carbocycles. The number of carbonyl (C=O) groups excluding carboxylic acids is 2. The van der Waals surface area contributed by atoms with Crippen LogP contribution in [0.5, 0.6) is 0 Å². The van der Waals surface area contributed by atoms with Gasteiger partial charge in [0.05, 0.1) is 6.26 Å². The van der Waals surface area contributed by atoms with E-state index in [9.17, 15) is 9.59 Å². The van der Waals surface area contributed by atoms with E-state index in [2.05, 4.69) is 0 Å². The molecule has 0 bridgehead atoms. The van der Waals surface area contributed by atoms with Crippen molar-refractivity contribution >= 4 is 11.8 Å². The average Bonchev–Trinajstić information content (AvgIpc) is 3.12. The van der Waals surface area contributed by atoms with E-state index in [1.165, 1.54) is 19.1 Å². The zero-order chi connectivity index (χ0) is 14.7. The van der Waals surface area contributed by atoms with Crippen molar-refractivity contribution in [1.29, 1.82) is 0 Å². The van der Waals surface area contributed by atoms with E-state index in [1.54, 1.807) is 17.0 Å². The number of furan rings is 1. The molecule has 2 aliphatic rings. The molecule has 2 fully saturated rings. The Bertz CT molecular complexity index is 490. The van der Waals surface area contributed by atoms with E-state index in [0.717, 1.165) is 38.8 Å². The third-order valence-electron chi connectivity index (χ3n) is 4.45. The van der Waals surface area contributed by atoms with Crippen molar-refractivity contribution in [3.05, 3.63) is 24.2 Å². The number of nitrogens with zero attached hydrogens (tertiary/aromatic N) is 2. The Morgan fingerprint density at radius 3 is 2.48 bits per heavy atom. The maximum atomic E-state index is 12.7. The van der Waals surface area contributed by atoms with E-state index in [4.69, 9.17) is 4.42 Å². The summed E-state index contributed by atoms with van der Waals surface area (Å²) < 4.78 is 5.19. The van der Waals surface area contributed by atoms with Gasteiger partial charge in [0.2, 0.25) is 5.91 Å². The number of carbonyl (C=O) groups is 2. The van der Waals surface area contributed by atoms with Gasteiger partial charge < -0.3 is 14.2 Å². The normalized spacial score (nSPS) is 23.1. The zero-order valence-corrected chi connectivity index (χ0v) is 12.3. The number of amides is 2. The van der Waals surface area contributed by atoms with E-state index >= 15 is 0 Å². The minimum absolute atomic E-state index is 0.120. The molecule has 2 saturated heterocycles. The summed E-state index contributed by atoms with van der Waals surface area (Å²) >= 11 is 0. The van der Waals surface area contributed by atoms with Crippen molar-refractivity contribution in [2.75, 3.05) is 19.6 Å². The molecule has 0 radical (unpaired) electrons. The third kappa shape index (κ3) is 2.96. The van der Waals surface area contributed by atoms with Crippen LogP contribution in [0, 0.1) is 0 Å². The maximum absolute atomic E-state index is 12.7. The van der Waals surface area contributed by atoms with Gasteiger partial charge in [0.1, 0.15) is 6.04 Å². The zero-order valence-electron chi connectivity index (χ0n) is 12.3. The highest BCUT2D eigenvalue weighted by Gasteiger charge is 2.37. The fraction of sp³-hybridized carbons (Fsp3) is 0.625. The average molecular weight is 290 g/mol. The Morgan fingerprint density at radius 1 is 1.05 bits per heavy atom. The standard InChI is InChI=1S/C16H22N2O3/c19-15(17-9-3-1-2-4-10-17)13-7-5-11-18(13)16(20)14-8-6-12-21-14/h6,8,12-13H,1-5,7,9-11H2. The van der Waals surface area contributed by atoms with Crippen molar-refractivity contribution in [3.8, 4) is 0 Å². The maximum Gasteiger partial charge on any atom is 0.290 e. The first-order valence-corrected chi connectivity index (χ1v) is 7.90. The highest BCUT2D eigenvalue weighted by Crippen LogP contribution is 2.23. The molecule has 0 aromatic carbocycles. The first-order valence-electron chi connectivity index (χ1n) is 7.90. The van der Waals surface area contributed by atoms with Gasteiger partial charge in [-0.05, 0) is 37.8 Å².